The van der Waals surface area contributed by atoms with E-state index in [0.717, 1.165) is 35.7 Å². The van der Waals surface area contributed by atoms with Gasteiger partial charge in [0.25, 0.3) is 5.91 Å². The van der Waals surface area contributed by atoms with Crippen molar-refractivity contribution < 1.29 is 18.4 Å². The second-order valence-corrected chi connectivity index (χ2v) is 7.00. The second kappa shape index (κ2) is 8.64. The lowest BCUT2D eigenvalue weighted by Gasteiger charge is -2.25. The summed E-state index contributed by atoms with van der Waals surface area (Å²) in [5, 5.41) is 5.37. The summed E-state index contributed by atoms with van der Waals surface area (Å²) in [7, 11) is 0. The van der Waals surface area contributed by atoms with Crippen LogP contribution in [0.3, 0.4) is 0 Å². The van der Waals surface area contributed by atoms with Gasteiger partial charge in [0.15, 0.2) is 11.6 Å². The molecule has 0 bridgehead atoms. The summed E-state index contributed by atoms with van der Waals surface area (Å²) in [6.45, 7) is 4.47. The van der Waals surface area contributed by atoms with Gasteiger partial charge in [0.1, 0.15) is 5.00 Å². The second-order valence-electron chi connectivity index (χ2n) is 5.90. The van der Waals surface area contributed by atoms with E-state index >= 15 is 0 Å². The van der Waals surface area contributed by atoms with Crippen LogP contribution in [0.5, 0.6) is 0 Å². The van der Waals surface area contributed by atoms with E-state index in [1.165, 1.54) is 17.4 Å². The van der Waals surface area contributed by atoms with Crippen molar-refractivity contribution in [1.82, 2.24) is 4.90 Å². The van der Waals surface area contributed by atoms with Gasteiger partial charge in [-0.25, -0.2) is 13.6 Å². The first-order valence-electron chi connectivity index (χ1n) is 8.08. The molecule has 0 saturated heterocycles. The highest BCUT2D eigenvalue weighted by atomic mass is 35.5. The maximum atomic E-state index is 13.2. The molecule has 2 aromatic rings. The number of nitrogens with zero attached hydrogens (tertiary/aromatic N) is 1. The Labute approximate surface area is 165 Å². The van der Waals surface area contributed by atoms with E-state index in [0.29, 0.717) is 23.5 Å². The van der Waals surface area contributed by atoms with Gasteiger partial charge in [-0.2, -0.15) is 0 Å². The number of primary amides is 1. The predicted molar refractivity (Wildman–Crippen MR) is 104 cm³/mol. The largest absolute Gasteiger partial charge is 0.365 e. The average Bonchev–Trinajstić information content (AvgIpc) is 2.94. The van der Waals surface area contributed by atoms with Gasteiger partial charge in [-0.15, -0.1) is 23.7 Å². The van der Waals surface area contributed by atoms with Gasteiger partial charge < -0.3 is 11.1 Å². The normalized spacial score (nSPS) is 13.4. The smallest absolute Gasteiger partial charge is 0.324 e. The number of nitrogens with one attached hydrogen (secondary N) is 2. The Morgan fingerprint density at radius 3 is 2.63 bits per heavy atom. The standard InChI is InChI=1S/C17H18F2N4O2S.ClH/c1-2-23-6-5-10-13(8-23)26-16(14(10)15(20)24)22-17(25)21-9-3-4-11(18)12(19)7-9;/h3-4,7H,2,5-6,8H2,1H3,(H2,20,24)(H2,21,22,25);1H. The first-order valence-corrected chi connectivity index (χ1v) is 8.90. The number of thiophene rings is 1. The lowest BCUT2D eigenvalue weighted by Crippen LogP contribution is -2.30. The summed E-state index contributed by atoms with van der Waals surface area (Å²) in [6, 6.07) is 2.38. The molecule has 1 aromatic heterocycles. The number of carbonyl (C=O) groups excluding carboxylic acids is 2. The van der Waals surface area contributed by atoms with E-state index in [1.807, 2.05) is 0 Å². The van der Waals surface area contributed by atoms with Crippen LogP contribution in [-0.2, 0) is 13.0 Å². The van der Waals surface area contributed by atoms with Crippen molar-refractivity contribution >= 4 is 46.4 Å². The third kappa shape index (κ3) is 4.55. The SMILES string of the molecule is CCN1CCc2c(sc(NC(=O)Nc3ccc(F)c(F)c3)c2C(N)=O)C1.Cl. The van der Waals surface area contributed by atoms with Gasteiger partial charge >= 0.3 is 6.03 Å². The number of benzene rings is 1. The minimum absolute atomic E-state index is 0. The number of carbonyl (C=O) groups is 2. The highest BCUT2D eigenvalue weighted by molar-refractivity contribution is 7.17. The molecule has 146 valence electrons. The zero-order valence-electron chi connectivity index (χ0n) is 14.5. The molecule has 1 aromatic carbocycles. The first-order chi connectivity index (χ1) is 12.4. The molecule has 0 saturated carbocycles. The molecule has 0 radical (unpaired) electrons. The van der Waals surface area contributed by atoms with E-state index in [4.69, 9.17) is 5.73 Å². The predicted octanol–water partition coefficient (Wildman–Crippen LogP) is 3.57. The number of hydrogen-bond donors (Lipinski definition) is 3. The molecule has 0 spiro atoms. The molecule has 0 atom stereocenters. The summed E-state index contributed by atoms with van der Waals surface area (Å²) in [4.78, 5) is 27.3. The Kier molecular flexibility index (Phi) is 6.74. The Bertz CT molecular complexity index is 875. The highest BCUT2D eigenvalue weighted by Crippen LogP contribution is 2.36. The minimum Gasteiger partial charge on any atom is -0.365 e. The topological polar surface area (TPSA) is 87.5 Å². The molecule has 3 amide bonds. The third-order valence-corrected chi connectivity index (χ3v) is 5.37. The molecular formula is C17H19ClF2N4O2S. The third-order valence-electron chi connectivity index (χ3n) is 4.23. The van der Waals surface area contributed by atoms with Crippen LogP contribution in [0.25, 0.3) is 0 Å². The van der Waals surface area contributed by atoms with Crippen LogP contribution < -0.4 is 16.4 Å². The lowest BCUT2D eigenvalue weighted by molar-refractivity contribution is 0.1000. The summed E-state index contributed by atoms with van der Waals surface area (Å²) in [6.07, 6.45) is 0.685. The van der Waals surface area contributed by atoms with Crippen LogP contribution in [0.4, 0.5) is 24.3 Å². The van der Waals surface area contributed by atoms with Crippen LogP contribution in [0, 0.1) is 11.6 Å². The van der Waals surface area contributed by atoms with E-state index in [1.54, 1.807) is 0 Å². The van der Waals surface area contributed by atoms with Crippen molar-refractivity contribution in [3.63, 3.8) is 0 Å². The quantitative estimate of drug-likeness (QED) is 0.712. The monoisotopic (exact) mass is 416 g/mol. The van der Waals surface area contributed by atoms with Crippen LogP contribution in [-0.4, -0.2) is 29.9 Å². The lowest BCUT2D eigenvalue weighted by atomic mass is 10.0. The van der Waals surface area contributed by atoms with Crippen LogP contribution in [0.15, 0.2) is 18.2 Å². The van der Waals surface area contributed by atoms with Crippen molar-refractivity contribution in [3.8, 4) is 0 Å². The maximum absolute atomic E-state index is 13.2. The van der Waals surface area contributed by atoms with Crippen molar-refractivity contribution in [2.75, 3.05) is 23.7 Å². The van der Waals surface area contributed by atoms with Crippen molar-refractivity contribution in [3.05, 3.63) is 45.8 Å². The van der Waals surface area contributed by atoms with E-state index in [-0.39, 0.29) is 18.1 Å². The number of rotatable bonds is 4. The van der Waals surface area contributed by atoms with Gasteiger partial charge in [0.2, 0.25) is 0 Å². The Balaban J connectivity index is 0.00000261. The summed E-state index contributed by atoms with van der Waals surface area (Å²) in [5.74, 6) is -2.67. The molecule has 6 nitrogen and oxygen atoms in total. The zero-order valence-corrected chi connectivity index (χ0v) is 16.1. The molecule has 1 aliphatic rings. The summed E-state index contributed by atoms with van der Waals surface area (Å²) >= 11 is 1.31. The number of nitrogens with two attached hydrogens (primary N) is 1. The van der Waals surface area contributed by atoms with E-state index < -0.39 is 23.6 Å². The van der Waals surface area contributed by atoms with Crippen LogP contribution >= 0.6 is 23.7 Å². The Hall–Kier alpha value is -2.23. The maximum Gasteiger partial charge on any atom is 0.324 e. The van der Waals surface area contributed by atoms with Crippen molar-refractivity contribution in [2.45, 2.75) is 19.9 Å². The van der Waals surface area contributed by atoms with Crippen molar-refractivity contribution in [1.29, 1.82) is 0 Å². The molecule has 3 rings (SSSR count). The fourth-order valence-corrected chi connectivity index (χ4v) is 4.20. The average molecular weight is 417 g/mol. The first kappa shape index (κ1) is 21.1. The van der Waals surface area contributed by atoms with Gasteiger partial charge in [-0.05, 0) is 30.7 Å². The van der Waals surface area contributed by atoms with Gasteiger partial charge in [-0.1, -0.05) is 6.92 Å². The number of likely N-dealkylation sites (N-methyl/N-ethyl adjacent to an activating group) is 1. The molecule has 0 unspecified atom stereocenters. The summed E-state index contributed by atoms with van der Waals surface area (Å²) in [5.41, 5.74) is 6.80. The summed E-state index contributed by atoms with van der Waals surface area (Å²) < 4.78 is 26.2. The number of urea groups is 1. The van der Waals surface area contributed by atoms with Crippen LogP contribution in [0.1, 0.15) is 27.7 Å². The van der Waals surface area contributed by atoms with E-state index in [9.17, 15) is 18.4 Å². The van der Waals surface area contributed by atoms with E-state index in [2.05, 4.69) is 22.5 Å². The molecule has 1 aliphatic heterocycles. The molecule has 2 heterocycles. The zero-order chi connectivity index (χ0) is 18.8. The number of hydrogen-bond acceptors (Lipinski definition) is 4. The van der Waals surface area contributed by atoms with Gasteiger partial charge in [0.05, 0.1) is 5.56 Å². The van der Waals surface area contributed by atoms with Gasteiger partial charge in [0, 0.05) is 29.7 Å². The Morgan fingerprint density at radius 2 is 2.00 bits per heavy atom. The highest BCUT2D eigenvalue weighted by Gasteiger charge is 2.27. The molecule has 4 N–H and O–H groups in total. The number of halogens is 3. The number of amides is 3. The molecule has 0 aliphatic carbocycles. The van der Waals surface area contributed by atoms with Crippen molar-refractivity contribution in [2.24, 2.45) is 5.73 Å². The number of fused-ring (bicyclic) bond motifs is 1. The molecule has 27 heavy (non-hydrogen) atoms. The number of anilines is 2. The minimum atomic E-state index is -1.06. The van der Waals surface area contributed by atoms with Gasteiger partial charge in [-0.3, -0.25) is 15.0 Å². The molecular weight excluding hydrogens is 398 g/mol. The van der Waals surface area contributed by atoms with Crippen LogP contribution in [0.2, 0.25) is 0 Å². The molecule has 0 fully saturated rings. The molecule has 10 heteroatoms. The Morgan fingerprint density at radius 1 is 1.26 bits per heavy atom. The fraction of sp³-hybridized carbons (Fsp3) is 0.294. The fourth-order valence-electron chi connectivity index (χ4n) is 2.91.